The Morgan fingerprint density at radius 3 is 2.20 bits per heavy atom. The number of nitrogens with two attached hydrogens (primary N) is 1. The van der Waals surface area contributed by atoms with E-state index in [4.69, 9.17) is 5.73 Å². The van der Waals surface area contributed by atoms with Crippen molar-refractivity contribution in [2.24, 2.45) is 11.7 Å². The Labute approximate surface area is 65.0 Å². The van der Waals surface area contributed by atoms with Gasteiger partial charge in [-0.1, -0.05) is 33.1 Å². The van der Waals surface area contributed by atoms with E-state index < -0.39 is 0 Å². The summed E-state index contributed by atoms with van der Waals surface area (Å²) >= 11 is 0. The Kier molecular flexibility index (Phi) is 5.70. The summed E-state index contributed by atoms with van der Waals surface area (Å²) < 4.78 is 0. The molecule has 1 nitrogen and oxygen atoms in total. The smallest absolute Gasteiger partial charge is 0.00361 e. The van der Waals surface area contributed by atoms with Crippen molar-refractivity contribution in [2.45, 2.75) is 52.5 Å². The summed E-state index contributed by atoms with van der Waals surface area (Å²) in [5, 5.41) is 0. The Balaban J connectivity index is 3.13. The Hall–Kier alpha value is -0.0400. The highest BCUT2D eigenvalue weighted by Gasteiger charge is 2.05. The third kappa shape index (κ3) is 4.80. The molecule has 0 saturated heterocycles. The van der Waals surface area contributed by atoms with Crippen LogP contribution >= 0.6 is 0 Å². The molecule has 0 spiro atoms. The van der Waals surface area contributed by atoms with E-state index in [1.54, 1.807) is 0 Å². The van der Waals surface area contributed by atoms with Crippen molar-refractivity contribution in [3.63, 3.8) is 0 Å². The van der Waals surface area contributed by atoms with Gasteiger partial charge in [0.1, 0.15) is 0 Å². The van der Waals surface area contributed by atoms with Crippen LogP contribution in [0, 0.1) is 5.92 Å². The molecule has 0 aromatic rings. The number of rotatable bonds is 5. The van der Waals surface area contributed by atoms with Gasteiger partial charge in [-0.2, -0.15) is 0 Å². The van der Waals surface area contributed by atoms with Crippen molar-refractivity contribution in [3.8, 4) is 0 Å². The molecule has 0 amide bonds. The van der Waals surface area contributed by atoms with Gasteiger partial charge in [0.15, 0.2) is 0 Å². The van der Waals surface area contributed by atoms with Crippen molar-refractivity contribution < 1.29 is 0 Å². The largest absolute Gasteiger partial charge is 0.328 e. The molecule has 0 aromatic carbocycles. The van der Waals surface area contributed by atoms with E-state index in [0.717, 1.165) is 0 Å². The summed E-state index contributed by atoms with van der Waals surface area (Å²) in [7, 11) is 0. The van der Waals surface area contributed by atoms with Crippen LogP contribution in [-0.4, -0.2) is 6.04 Å². The lowest BCUT2D eigenvalue weighted by molar-refractivity contribution is 0.429. The van der Waals surface area contributed by atoms with Gasteiger partial charge in [-0.05, 0) is 19.3 Å². The molecule has 2 atom stereocenters. The van der Waals surface area contributed by atoms with Crippen LogP contribution in [0.4, 0.5) is 0 Å². The molecular weight excluding hydrogens is 122 g/mol. The summed E-state index contributed by atoms with van der Waals surface area (Å²) in [6, 6.07) is 0.372. The average molecular weight is 143 g/mol. The molecule has 0 aliphatic heterocycles. The molecule has 0 radical (unpaired) electrons. The van der Waals surface area contributed by atoms with Crippen LogP contribution in [0.2, 0.25) is 0 Å². The Bertz CT molecular complexity index is 69.1. The van der Waals surface area contributed by atoms with Crippen molar-refractivity contribution >= 4 is 0 Å². The molecule has 62 valence electrons. The van der Waals surface area contributed by atoms with E-state index in [0.29, 0.717) is 12.0 Å². The molecule has 0 bridgehead atoms. The first-order valence-corrected chi connectivity index (χ1v) is 4.44. The molecule has 0 heterocycles. The van der Waals surface area contributed by atoms with E-state index in [1.165, 1.54) is 25.7 Å². The lowest BCUT2D eigenvalue weighted by Crippen LogP contribution is -2.23. The summed E-state index contributed by atoms with van der Waals surface area (Å²) in [6.07, 6.45) is 5.31. The van der Waals surface area contributed by atoms with Crippen molar-refractivity contribution in [2.75, 3.05) is 0 Å². The van der Waals surface area contributed by atoms with Gasteiger partial charge >= 0.3 is 0 Å². The summed E-state index contributed by atoms with van der Waals surface area (Å²) in [5.41, 5.74) is 5.72. The van der Waals surface area contributed by atoms with Gasteiger partial charge in [-0.15, -0.1) is 0 Å². The molecule has 0 aliphatic carbocycles. The van der Waals surface area contributed by atoms with Crippen molar-refractivity contribution in [3.05, 3.63) is 0 Å². The first-order chi connectivity index (χ1) is 4.68. The quantitative estimate of drug-likeness (QED) is 0.588. The maximum Gasteiger partial charge on any atom is 0.00361 e. The molecular formula is C9H21N. The zero-order valence-electron chi connectivity index (χ0n) is 7.56. The highest BCUT2D eigenvalue weighted by atomic mass is 14.6. The number of hydrogen-bond acceptors (Lipinski definition) is 1. The molecule has 0 aliphatic rings. The predicted molar refractivity (Wildman–Crippen MR) is 47.0 cm³/mol. The lowest BCUT2D eigenvalue weighted by atomic mass is 9.97. The van der Waals surface area contributed by atoms with Crippen molar-refractivity contribution in [1.82, 2.24) is 0 Å². The fourth-order valence-corrected chi connectivity index (χ4v) is 0.979. The first kappa shape index (κ1) is 9.96. The molecule has 0 fully saturated rings. The van der Waals surface area contributed by atoms with Gasteiger partial charge < -0.3 is 5.73 Å². The van der Waals surface area contributed by atoms with Crippen LogP contribution in [0.25, 0.3) is 0 Å². The third-order valence-corrected chi connectivity index (χ3v) is 2.16. The zero-order chi connectivity index (χ0) is 7.98. The second-order valence-corrected chi connectivity index (χ2v) is 3.33. The minimum Gasteiger partial charge on any atom is -0.328 e. The maximum absolute atomic E-state index is 5.72. The predicted octanol–water partition coefficient (Wildman–Crippen LogP) is 2.55. The summed E-state index contributed by atoms with van der Waals surface area (Å²) in [4.78, 5) is 0. The highest BCUT2D eigenvalue weighted by molar-refractivity contribution is 4.62. The highest BCUT2D eigenvalue weighted by Crippen LogP contribution is 2.11. The molecule has 0 rings (SSSR count). The normalized spacial score (nSPS) is 16.8. The number of hydrogen-bond donors (Lipinski definition) is 1. The number of unbranched alkanes of at least 4 members (excludes halogenated alkanes) is 2. The third-order valence-electron chi connectivity index (χ3n) is 2.16. The average Bonchev–Trinajstić information content (AvgIpc) is 1.88. The van der Waals surface area contributed by atoms with E-state index in [9.17, 15) is 0 Å². The van der Waals surface area contributed by atoms with Gasteiger partial charge in [0.2, 0.25) is 0 Å². The Morgan fingerprint density at radius 1 is 1.20 bits per heavy atom. The zero-order valence-corrected chi connectivity index (χ0v) is 7.56. The second kappa shape index (κ2) is 5.72. The summed E-state index contributed by atoms with van der Waals surface area (Å²) in [5.74, 6) is 0.701. The maximum atomic E-state index is 5.72. The van der Waals surface area contributed by atoms with Gasteiger partial charge in [0.25, 0.3) is 0 Å². The van der Waals surface area contributed by atoms with E-state index in [-0.39, 0.29) is 0 Å². The summed E-state index contributed by atoms with van der Waals surface area (Å²) in [6.45, 7) is 6.56. The van der Waals surface area contributed by atoms with E-state index in [1.807, 2.05) is 0 Å². The van der Waals surface area contributed by atoms with Crippen LogP contribution in [0.3, 0.4) is 0 Å². The first-order valence-electron chi connectivity index (χ1n) is 4.44. The van der Waals surface area contributed by atoms with Gasteiger partial charge in [0, 0.05) is 6.04 Å². The van der Waals surface area contributed by atoms with Crippen LogP contribution in [-0.2, 0) is 0 Å². The van der Waals surface area contributed by atoms with Crippen LogP contribution in [0.15, 0.2) is 0 Å². The fraction of sp³-hybridized carbons (Fsp3) is 1.00. The fourth-order valence-electron chi connectivity index (χ4n) is 0.979. The minimum absolute atomic E-state index is 0.372. The van der Waals surface area contributed by atoms with Crippen LogP contribution in [0.5, 0.6) is 0 Å². The molecule has 0 saturated carbocycles. The van der Waals surface area contributed by atoms with E-state index >= 15 is 0 Å². The van der Waals surface area contributed by atoms with Gasteiger partial charge in [-0.3, -0.25) is 0 Å². The van der Waals surface area contributed by atoms with Gasteiger partial charge in [0.05, 0.1) is 0 Å². The molecule has 10 heavy (non-hydrogen) atoms. The molecule has 1 heteroatoms. The van der Waals surface area contributed by atoms with Crippen molar-refractivity contribution in [1.29, 1.82) is 0 Å². The van der Waals surface area contributed by atoms with Gasteiger partial charge in [-0.25, -0.2) is 0 Å². The SMILES string of the molecule is CCCCCC(C)C(C)N. The Morgan fingerprint density at radius 2 is 1.80 bits per heavy atom. The monoisotopic (exact) mass is 143 g/mol. The minimum atomic E-state index is 0.372. The lowest BCUT2D eigenvalue weighted by Gasteiger charge is -2.14. The van der Waals surface area contributed by atoms with E-state index in [2.05, 4.69) is 20.8 Å². The molecule has 2 N–H and O–H groups in total. The second-order valence-electron chi connectivity index (χ2n) is 3.33. The molecule has 2 unspecified atom stereocenters. The molecule has 0 aromatic heterocycles. The van der Waals surface area contributed by atoms with Crippen LogP contribution in [0.1, 0.15) is 46.5 Å². The standard InChI is InChI=1S/C9H21N/c1-4-5-6-7-8(2)9(3)10/h8-9H,4-7,10H2,1-3H3. The topological polar surface area (TPSA) is 26.0 Å². The van der Waals surface area contributed by atoms with Crippen LogP contribution < -0.4 is 5.73 Å².